The molecule has 3 N–H and O–H groups in total. The lowest BCUT2D eigenvalue weighted by Crippen LogP contribution is -2.44. The third kappa shape index (κ3) is 3.07. The van der Waals surface area contributed by atoms with Gasteiger partial charge in [0.2, 0.25) is 0 Å². The number of nitrogens with zero attached hydrogens (tertiary/aromatic N) is 4. The van der Waals surface area contributed by atoms with Crippen LogP contribution in [-0.4, -0.2) is 32.8 Å². The Morgan fingerprint density at radius 2 is 2.31 bits per heavy atom. The van der Waals surface area contributed by atoms with Crippen LogP contribution >= 0.6 is 0 Å². The maximum atomic E-state index is 12.6. The van der Waals surface area contributed by atoms with Gasteiger partial charge in [-0.1, -0.05) is 0 Å². The van der Waals surface area contributed by atoms with Crippen molar-refractivity contribution in [3.8, 4) is 6.07 Å². The van der Waals surface area contributed by atoms with Gasteiger partial charge in [-0.3, -0.25) is 14.9 Å². The lowest BCUT2D eigenvalue weighted by Gasteiger charge is -2.33. The van der Waals surface area contributed by atoms with Crippen molar-refractivity contribution in [2.75, 3.05) is 0 Å². The first-order valence-electron chi connectivity index (χ1n) is 8.83. The van der Waals surface area contributed by atoms with Crippen molar-refractivity contribution in [3.63, 3.8) is 0 Å². The van der Waals surface area contributed by atoms with E-state index in [1.165, 1.54) is 6.20 Å². The summed E-state index contributed by atoms with van der Waals surface area (Å²) in [6, 6.07) is 6.13. The minimum atomic E-state index is -0.176. The normalized spacial score (nSPS) is 27.5. The van der Waals surface area contributed by atoms with E-state index in [9.17, 15) is 4.79 Å². The van der Waals surface area contributed by atoms with Crippen LogP contribution in [0.15, 0.2) is 30.7 Å². The summed E-state index contributed by atoms with van der Waals surface area (Å²) in [6.45, 7) is 1.80. The topological polar surface area (TPSA) is 108 Å². The van der Waals surface area contributed by atoms with E-state index in [1.807, 2.05) is 23.0 Å². The van der Waals surface area contributed by atoms with Crippen molar-refractivity contribution in [2.24, 2.45) is 5.92 Å². The number of nitriles is 1. The molecule has 2 aromatic heterocycles. The summed E-state index contributed by atoms with van der Waals surface area (Å²) in [5, 5.41) is 16.4. The predicted molar refractivity (Wildman–Crippen MR) is 93.6 cm³/mol. The quantitative estimate of drug-likeness (QED) is 0.762. The summed E-state index contributed by atoms with van der Waals surface area (Å²) in [5.74, 6) is 0.175. The number of aryl methyl sites for hydroxylation is 1. The van der Waals surface area contributed by atoms with Crippen LogP contribution in [0.5, 0.6) is 0 Å². The largest absolute Gasteiger partial charge is 0.348 e. The highest BCUT2D eigenvalue weighted by atomic mass is 16.1. The number of hydrogen-bond donors (Lipinski definition) is 3. The Labute approximate surface area is 151 Å². The second-order valence-electron chi connectivity index (χ2n) is 6.97. The fourth-order valence-electron chi connectivity index (χ4n) is 4.00. The second kappa shape index (κ2) is 6.86. The van der Waals surface area contributed by atoms with Gasteiger partial charge in [-0.05, 0) is 43.9 Å². The maximum Gasteiger partial charge on any atom is 0.270 e. The van der Waals surface area contributed by atoms with E-state index in [2.05, 4.69) is 26.3 Å². The lowest BCUT2D eigenvalue weighted by molar-refractivity contribution is 0.0905. The number of amides is 1. The number of carbonyl (C=O) groups excluding carboxylic acids is 1. The molecule has 8 heteroatoms. The Bertz CT molecular complexity index is 842. The molecule has 4 atom stereocenters. The van der Waals surface area contributed by atoms with E-state index in [0.717, 1.165) is 19.3 Å². The SMILES string of the molecule is Cc1cc(C#N)cnc1C(=O)NC1CCC2NNC(n3cccn3)C2C1. The summed E-state index contributed by atoms with van der Waals surface area (Å²) in [5.41, 5.74) is 8.25. The number of aromatic nitrogens is 3. The zero-order valence-corrected chi connectivity index (χ0v) is 14.5. The monoisotopic (exact) mass is 351 g/mol. The summed E-state index contributed by atoms with van der Waals surface area (Å²) in [6.07, 6.45) is 8.03. The van der Waals surface area contributed by atoms with Gasteiger partial charge in [-0.25, -0.2) is 10.4 Å². The van der Waals surface area contributed by atoms with Crippen LogP contribution in [0.2, 0.25) is 0 Å². The van der Waals surface area contributed by atoms with Gasteiger partial charge in [0.1, 0.15) is 17.9 Å². The molecule has 4 rings (SSSR count). The first-order chi connectivity index (χ1) is 12.7. The average Bonchev–Trinajstić information content (AvgIpc) is 3.30. The minimum Gasteiger partial charge on any atom is -0.348 e. The average molecular weight is 351 g/mol. The Morgan fingerprint density at radius 3 is 3.04 bits per heavy atom. The zero-order valence-electron chi connectivity index (χ0n) is 14.5. The van der Waals surface area contributed by atoms with Gasteiger partial charge in [-0.15, -0.1) is 0 Å². The Morgan fingerprint density at radius 1 is 1.42 bits per heavy atom. The summed E-state index contributed by atoms with van der Waals surface area (Å²) < 4.78 is 1.92. The molecular weight excluding hydrogens is 330 g/mol. The summed E-state index contributed by atoms with van der Waals surface area (Å²) in [7, 11) is 0. The number of rotatable bonds is 3. The van der Waals surface area contributed by atoms with E-state index in [0.29, 0.717) is 28.8 Å². The standard InChI is InChI=1S/C18H21N7O/c1-11-7-12(9-19)10-20-16(11)18(26)22-13-3-4-15-14(8-13)17(24-23-15)25-6-2-5-21-25/h2,5-7,10,13-15,17,23-24H,3-4,8H2,1H3,(H,22,26). The molecule has 0 spiro atoms. The Kier molecular flexibility index (Phi) is 4.41. The maximum absolute atomic E-state index is 12.6. The highest BCUT2D eigenvalue weighted by Gasteiger charge is 2.41. The number of hydrogen-bond acceptors (Lipinski definition) is 6. The smallest absolute Gasteiger partial charge is 0.270 e. The van der Waals surface area contributed by atoms with Crippen molar-refractivity contribution in [2.45, 2.75) is 44.4 Å². The Balaban J connectivity index is 1.44. The van der Waals surface area contributed by atoms with Gasteiger partial charge in [0.25, 0.3) is 5.91 Å². The van der Waals surface area contributed by atoms with Crippen LogP contribution in [0.3, 0.4) is 0 Å². The fourth-order valence-corrected chi connectivity index (χ4v) is 4.00. The molecule has 2 fully saturated rings. The molecular formula is C18H21N7O. The van der Waals surface area contributed by atoms with Crippen molar-refractivity contribution in [3.05, 3.63) is 47.5 Å². The number of nitrogens with one attached hydrogen (secondary N) is 3. The number of hydrazine groups is 1. The fraction of sp³-hybridized carbons (Fsp3) is 0.444. The van der Waals surface area contributed by atoms with Crippen molar-refractivity contribution >= 4 is 5.91 Å². The molecule has 1 saturated heterocycles. The minimum absolute atomic E-state index is 0.0875. The summed E-state index contributed by atoms with van der Waals surface area (Å²) >= 11 is 0. The van der Waals surface area contributed by atoms with Crippen LogP contribution in [0.25, 0.3) is 0 Å². The molecule has 134 valence electrons. The molecule has 8 nitrogen and oxygen atoms in total. The van der Waals surface area contributed by atoms with E-state index in [-0.39, 0.29) is 18.1 Å². The first-order valence-corrected chi connectivity index (χ1v) is 8.83. The van der Waals surface area contributed by atoms with Gasteiger partial charge in [0.15, 0.2) is 0 Å². The van der Waals surface area contributed by atoms with E-state index >= 15 is 0 Å². The molecule has 3 heterocycles. The number of fused-ring (bicyclic) bond motifs is 1. The van der Waals surface area contributed by atoms with E-state index in [4.69, 9.17) is 5.26 Å². The van der Waals surface area contributed by atoms with Crippen LogP contribution in [0, 0.1) is 24.2 Å². The van der Waals surface area contributed by atoms with Gasteiger partial charge in [0, 0.05) is 36.6 Å². The van der Waals surface area contributed by atoms with Crippen LogP contribution in [0.1, 0.15) is 47.0 Å². The van der Waals surface area contributed by atoms with Gasteiger partial charge >= 0.3 is 0 Å². The molecule has 4 unspecified atom stereocenters. The molecule has 0 aromatic carbocycles. The van der Waals surface area contributed by atoms with Crippen molar-refractivity contribution in [1.29, 1.82) is 5.26 Å². The zero-order chi connectivity index (χ0) is 18.1. The molecule has 26 heavy (non-hydrogen) atoms. The number of carbonyl (C=O) groups is 1. The molecule has 2 aliphatic rings. The highest BCUT2D eigenvalue weighted by Crippen LogP contribution is 2.35. The van der Waals surface area contributed by atoms with Crippen molar-refractivity contribution in [1.82, 2.24) is 30.9 Å². The third-order valence-corrected chi connectivity index (χ3v) is 5.29. The second-order valence-corrected chi connectivity index (χ2v) is 6.97. The molecule has 1 amide bonds. The van der Waals surface area contributed by atoms with E-state index < -0.39 is 0 Å². The van der Waals surface area contributed by atoms with E-state index in [1.54, 1.807) is 19.2 Å². The number of pyridine rings is 1. The lowest BCUT2D eigenvalue weighted by atomic mass is 9.81. The molecule has 1 aliphatic heterocycles. The van der Waals surface area contributed by atoms with Crippen LogP contribution < -0.4 is 16.2 Å². The highest BCUT2D eigenvalue weighted by molar-refractivity contribution is 5.93. The third-order valence-electron chi connectivity index (χ3n) is 5.29. The van der Waals surface area contributed by atoms with Gasteiger partial charge < -0.3 is 5.32 Å². The first kappa shape index (κ1) is 16.7. The van der Waals surface area contributed by atoms with Gasteiger partial charge in [-0.2, -0.15) is 10.4 Å². The summed E-state index contributed by atoms with van der Waals surface area (Å²) in [4.78, 5) is 16.8. The molecule has 0 bridgehead atoms. The van der Waals surface area contributed by atoms with Crippen molar-refractivity contribution < 1.29 is 4.79 Å². The van der Waals surface area contributed by atoms with Crippen LogP contribution in [0.4, 0.5) is 0 Å². The van der Waals surface area contributed by atoms with Gasteiger partial charge in [0.05, 0.1) is 5.56 Å². The molecule has 0 radical (unpaired) electrons. The predicted octanol–water partition coefficient (Wildman–Crippen LogP) is 1.03. The Hall–Kier alpha value is -2.76. The molecule has 2 aromatic rings. The van der Waals surface area contributed by atoms with Crippen LogP contribution in [-0.2, 0) is 0 Å². The molecule has 1 aliphatic carbocycles. The molecule has 1 saturated carbocycles.